The highest BCUT2D eigenvalue weighted by atomic mass is 35.5. The van der Waals surface area contributed by atoms with Crippen LogP contribution in [0.1, 0.15) is 23.5 Å². The zero-order chi connectivity index (χ0) is 20.1. The van der Waals surface area contributed by atoms with Crippen molar-refractivity contribution in [1.29, 1.82) is 0 Å². The molecule has 0 aliphatic carbocycles. The Kier molecular flexibility index (Phi) is 8.79. The Morgan fingerprint density at radius 3 is 2.29 bits per heavy atom. The second kappa shape index (κ2) is 10.3. The van der Waals surface area contributed by atoms with Crippen LogP contribution in [0.4, 0.5) is 5.00 Å². The zero-order valence-electron chi connectivity index (χ0n) is 15.6. The topological polar surface area (TPSA) is 139 Å². The maximum absolute atomic E-state index is 12.4. The molecule has 28 heavy (non-hydrogen) atoms. The van der Waals surface area contributed by atoms with Gasteiger partial charge in [0.2, 0.25) is 11.8 Å². The summed E-state index contributed by atoms with van der Waals surface area (Å²) in [5.41, 5.74) is 5.73. The van der Waals surface area contributed by atoms with Gasteiger partial charge in [-0.05, 0) is 12.0 Å². The summed E-state index contributed by atoms with van der Waals surface area (Å²) < 4.78 is 0. The van der Waals surface area contributed by atoms with Gasteiger partial charge in [-0.2, -0.15) is 0 Å². The molecule has 0 radical (unpaired) electrons. The first-order chi connectivity index (χ1) is 12.7. The van der Waals surface area contributed by atoms with Gasteiger partial charge in [0.15, 0.2) is 0 Å². The number of hydrogen-bond donors (Lipinski definition) is 2. The van der Waals surface area contributed by atoms with Gasteiger partial charge in [0, 0.05) is 32.2 Å². The monoisotopic (exact) mass is 433 g/mol. The van der Waals surface area contributed by atoms with Crippen LogP contribution in [0.15, 0.2) is 12.1 Å². The van der Waals surface area contributed by atoms with E-state index in [0.717, 1.165) is 11.3 Å². The molecule has 3 N–H and O–H groups in total. The number of carbonyl (C=O) groups excluding carboxylic acids is 3. The van der Waals surface area contributed by atoms with E-state index in [1.807, 2.05) is 13.8 Å². The average Bonchev–Trinajstić information content (AvgIpc) is 3.15. The predicted octanol–water partition coefficient (Wildman–Crippen LogP) is 0.462. The van der Waals surface area contributed by atoms with Crippen LogP contribution >= 0.6 is 23.7 Å². The van der Waals surface area contributed by atoms with Gasteiger partial charge in [-0.25, -0.2) is 0 Å². The number of hydrogen-bond acceptors (Lipinski definition) is 7. The number of amides is 3. The number of thiophene rings is 1. The lowest BCUT2D eigenvalue weighted by Crippen LogP contribution is -2.53. The highest BCUT2D eigenvalue weighted by molar-refractivity contribution is 7.17. The summed E-state index contributed by atoms with van der Waals surface area (Å²) in [7, 11) is 0. The second-order valence-electron chi connectivity index (χ2n) is 6.56. The third-order valence-corrected chi connectivity index (χ3v) is 5.36. The number of nitrogens with zero attached hydrogens (tertiary/aromatic N) is 3. The fourth-order valence-corrected chi connectivity index (χ4v) is 3.34. The van der Waals surface area contributed by atoms with Crippen LogP contribution < -0.4 is 11.1 Å². The molecule has 1 fully saturated rings. The molecule has 0 spiro atoms. The number of carbonyl (C=O) groups is 3. The van der Waals surface area contributed by atoms with Gasteiger partial charge >= 0.3 is 5.00 Å². The first-order valence-electron chi connectivity index (χ1n) is 8.55. The van der Waals surface area contributed by atoms with E-state index in [1.54, 1.807) is 9.80 Å². The summed E-state index contributed by atoms with van der Waals surface area (Å²) in [6, 6.07) is 2.08. The fourth-order valence-electron chi connectivity index (χ4n) is 2.55. The van der Waals surface area contributed by atoms with E-state index in [9.17, 15) is 24.5 Å². The van der Waals surface area contributed by atoms with Crippen molar-refractivity contribution < 1.29 is 19.3 Å². The summed E-state index contributed by atoms with van der Waals surface area (Å²) in [5.74, 6) is -0.913. The quantitative estimate of drug-likeness (QED) is 0.493. The number of halogens is 1. The summed E-state index contributed by atoms with van der Waals surface area (Å²) in [5, 5.41) is 13.2. The summed E-state index contributed by atoms with van der Waals surface area (Å²) >= 11 is 0.836. The van der Waals surface area contributed by atoms with Crippen LogP contribution in [-0.2, 0) is 9.59 Å². The van der Waals surface area contributed by atoms with Crippen molar-refractivity contribution in [2.24, 2.45) is 11.7 Å². The SMILES string of the molecule is CC(C)[C@H](N)C(=O)NCC(=O)N1CCN(C(=O)c2ccc([N+](=O)[O-])s2)CC1.Cl. The maximum Gasteiger partial charge on any atom is 0.324 e. The van der Waals surface area contributed by atoms with E-state index < -0.39 is 11.0 Å². The summed E-state index contributed by atoms with van der Waals surface area (Å²) in [6.07, 6.45) is 0. The van der Waals surface area contributed by atoms with Crippen molar-refractivity contribution in [1.82, 2.24) is 15.1 Å². The minimum Gasteiger partial charge on any atom is -0.346 e. The van der Waals surface area contributed by atoms with Crippen molar-refractivity contribution in [3.8, 4) is 0 Å². The Labute approximate surface area is 172 Å². The Hall–Kier alpha value is -2.24. The van der Waals surface area contributed by atoms with E-state index in [0.29, 0.717) is 31.1 Å². The lowest BCUT2D eigenvalue weighted by Gasteiger charge is -2.34. The molecule has 2 rings (SSSR count). The minimum absolute atomic E-state index is 0. The highest BCUT2D eigenvalue weighted by Crippen LogP contribution is 2.25. The first-order valence-corrected chi connectivity index (χ1v) is 9.37. The van der Waals surface area contributed by atoms with Gasteiger partial charge in [0.1, 0.15) is 0 Å². The summed E-state index contributed by atoms with van der Waals surface area (Å²) in [4.78, 5) is 50.1. The van der Waals surface area contributed by atoms with Crippen LogP contribution in [0.5, 0.6) is 0 Å². The average molecular weight is 434 g/mol. The smallest absolute Gasteiger partial charge is 0.324 e. The van der Waals surface area contributed by atoms with Gasteiger partial charge in [-0.3, -0.25) is 24.5 Å². The molecule has 2 heterocycles. The van der Waals surface area contributed by atoms with Gasteiger partial charge in [0.05, 0.1) is 22.4 Å². The third kappa shape index (κ3) is 5.88. The maximum atomic E-state index is 12.4. The standard InChI is InChI=1S/C16H23N5O5S.ClH/c1-10(2)14(17)15(23)18-9-12(22)19-5-7-20(8-6-19)16(24)11-3-4-13(27-11)21(25)26;/h3-4,10,14H,5-9,17H2,1-2H3,(H,18,23);1H/t14-;/m0./s1. The fraction of sp³-hybridized carbons (Fsp3) is 0.562. The Balaban J connectivity index is 0.00000392. The molecule has 0 aromatic carbocycles. The normalized spacial score (nSPS) is 15.0. The van der Waals surface area contributed by atoms with Crippen molar-refractivity contribution >= 4 is 46.5 Å². The number of nitrogens with two attached hydrogens (primary N) is 1. The van der Waals surface area contributed by atoms with Crippen molar-refractivity contribution in [2.45, 2.75) is 19.9 Å². The lowest BCUT2D eigenvalue weighted by atomic mass is 10.1. The highest BCUT2D eigenvalue weighted by Gasteiger charge is 2.27. The van der Waals surface area contributed by atoms with Crippen LogP contribution in [0.25, 0.3) is 0 Å². The van der Waals surface area contributed by atoms with E-state index in [1.165, 1.54) is 12.1 Å². The molecule has 156 valence electrons. The molecule has 12 heteroatoms. The van der Waals surface area contributed by atoms with E-state index in [4.69, 9.17) is 5.73 Å². The third-order valence-electron chi connectivity index (χ3n) is 4.34. The van der Waals surface area contributed by atoms with Gasteiger partial charge in [-0.1, -0.05) is 25.2 Å². The van der Waals surface area contributed by atoms with Crippen molar-refractivity contribution in [2.75, 3.05) is 32.7 Å². The molecular weight excluding hydrogens is 410 g/mol. The Morgan fingerprint density at radius 2 is 1.79 bits per heavy atom. The van der Waals surface area contributed by atoms with Gasteiger partial charge in [-0.15, -0.1) is 12.4 Å². The molecule has 0 bridgehead atoms. The Bertz CT molecular complexity index is 733. The molecule has 0 saturated carbocycles. The van der Waals surface area contributed by atoms with E-state index >= 15 is 0 Å². The number of nitro groups is 1. The lowest BCUT2D eigenvalue weighted by molar-refractivity contribution is -0.380. The molecular formula is C16H24ClN5O5S. The Morgan fingerprint density at radius 1 is 1.21 bits per heavy atom. The van der Waals surface area contributed by atoms with Gasteiger partial charge < -0.3 is 20.9 Å². The van der Waals surface area contributed by atoms with Crippen molar-refractivity contribution in [3.63, 3.8) is 0 Å². The first kappa shape index (κ1) is 23.8. The molecule has 1 saturated heterocycles. The molecule has 3 amide bonds. The number of nitrogens with one attached hydrogen (secondary N) is 1. The zero-order valence-corrected chi connectivity index (χ0v) is 17.3. The molecule has 10 nitrogen and oxygen atoms in total. The minimum atomic E-state index is -0.665. The molecule has 0 unspecified atom stereocenters. The second-order valence-corrected chi connectivity index (χ2v) is 7.62. The molecule has 1 aliphatic rings. The molecule has 1 aliphatic heterocycles. The van der Waals surface area contributed by atoms with E-state index in [-0.39, 0.29) is 47.6 Å². The molecule has 1 aromatic heterocycles. The van der Waals surface area contributed by atoms with Crippen LogP contribution in [0.3, 0.4) is 0 Å². The predicted molar refractivity (Wildman–Crippen MR) is 107 cm³/mol. The van der Waals surface area contributed by atoms with Crippen molar-refractivity contribution in [3.05, 3.63) is 27.1 Å². The van der Waals surface area contributed by atoms with E-state index in [2.05, 4.69) is 5.32 Å². The molecule has 1 aromatic rings. The van der Waals surface area contributed by atoms with Gasteiger partial charge in [0.25, 0.3) is 5.91 Å². The largest absolute Gasteiger partial charge is 0.346 e. The van der Waals surface area contributed by atoms with Crippen LogP contribution in [0, 0.1) is 16.0 Å². The van der Waals surface area contributed by atoms with Crippen LogP contribution in [0.2, 0.25) is 0 Å². The summed E-state index contributed by atoms with van der Waals surface area (Å²) in [6.45, 7) is 4.85. The molecule has 1 atom stereocenters. The number of piperazine rings is 1. The van der Waals surface area contributed by atoms with Crippen LogP contribution in [-0.4, -0.2) is 71.2 Å². The number of rotatable bonds is 6.